The molecule has 7 heteroatoms. The first-order valence-corrected chi connectivity index (χ1v) is 6.88. The van der Waals surface area contributed by atoms with Crippen LogP contribution in [0.2, 0.25) is 6.04 Å². The summed E-state index contributed by atoms with van der Waals surface area (Å²) in [4.78, 5) is 23.6. The Hall–Kier alpha value is -0.763. The van der Waals surface area contributed by atoms with E-state index in [1.54, 1.807) is 0 Å². The number of cyclic esters (lactones) is 2. The summed E-state index contributed by atoms with van der Waals surface area (Å²) in [7, 11) is 4.94. The van der Waals surface area contributed by atoms with E-state index in [2.05, 4.69) is 4.74 Å². The van der Waals surface area contributed by atoms with Gasteiger partial charge in [-0.25, -0.2) is 9.59 Å². The van der Waals surface area contributed by atoms with Crippen LogP contribution in [-0.4, -0.2) is 54.9 Å². The number of ether oxygens (including phenoxy) is 4. The Morgan fingerprint density at radius 2 is 1.71 bits per heavy atom. The van der Waals surface area contributed by atoms with E-state index in [4.69, 9.17) is 14.2 Å². The molecule has 1 rings (SSSR count). The number of methoxy groups -OCH3 is 3. The highest BCUT2D eigenvalue weighted by Crippen LogP contribution is 2.41. The highest BCUT2D eigenvalue weighted by Gasteiger charge is 2.71. The van der Waals surface area contributed by atoms with E-state index in [-0.39, 0.29) is 0 Å². The Labute approximate surface area is 103 Å². The SMILES string of the molecule is COC1(CCC[SiH3])C(=O)OC(=O)C1(OC)OC. The van der Waals surface area contributed by atoms with Crippen LogP contribution < -0.4 is 0 Å². The van der Waals surface area contributed by atoms with Gasteiger partial charge in [0.2, 0.25) is 5.60 Å². The van der Waals surface area contributed by atoms with Crippen LogP contribution in [0.15, 0.2) is 0 Å². The fraction of sp³-hybridized carbons (Fsp3) is 0.800. The van der Waals surface area contributed by atoms with E-state index in [1.807, 2.05) is 0 Å². The maximum Gasteiger partial charge on any atom is 0.378 e. The summed E-state index contributed by atoms with van der Waals surface area (Å²) in [6.07, 6.45) is 1.08. The fourth-order valence-electron chi connectivity index (χ4n) is 2.12. The van der Waals surface area contributed by atoms with Crippen LogP contribution in [0.25, 0.3) is 0 Å². The molecule has 0 spiro atoms. The van der Waals surface area contributed by atoms with E-state index in [1.165, 1.54) is 21.3 Å². The Morgan fingerprint density at radius 1 is 1.12 bits per heavy atom. The van der Waals surface area contributed by atoms with Gasteiger partial charge >= 0.3 is 17.7 Å². The van der Waals surface area contributed by atoms with Gasteiger partial charge < -0.3 is 18.9 Å². The first-order chi connectivity index (χ1) is 8.04. The quantitative estimate of drug-likeness (QED) is 0.265. The maximum absolute atomic E-state index is 11.9. The average Bonchev–Trinajstić information content (AvgIpc) is 2.55. The predicted octanol–water partition coefficient (Wildman–Crippen LogP) is -0.992. The maximum atomic E-state index is 11.9. The number of rotatable bonds is 6. The number of hydrogen-bond donors (Lipinski definition) is 0. The molecule has 1 atom stereocenters. The molecule has 0 radical (unpaired) electrons. The zero-order chi connectivity index (χ0) is 13.1. The van der Waals surface area contributed by atoms with Crippen molar-refractivity contribution in [2.24, 2.45) is 0 Å². The van der Waals surface area contributed by atoms with E-state index in [0.717, 1.165) is 22.7 Å². The molecule has 0 aromatic rings. The Kier molecular flexibility index (Phi) is 4.42. The molecule has 1 aliphatic rings. The topological polar surface area (TPSA) is 71.1 Å². The number of hydrogen-bond acceptors (Lipinski definition) is 6. The fourth-order valence-corrected chi connectivity index (χ4v) is 2.48. The molecule has 0 bridgehead atoms. The summed E-state index contributed by atoms with van der Waals surface area (Å²) in [5.41, 5.74) is -1.50. The van der Waals surface area contributed by atoms with Gasteiger partial charge in [0.05, 0.1) is 0 Å². The Balaban J connectivity index is 3.21. The normalized spacial score (nSPS) is 27.5. The van der Waals surface area contributed by atoms with Gasteiger partial charge in [0.25, 0.3) is 0 Å². The van der Waals surface area contributed by atoms with Gasteiger partial charge in [0.1, 0.15) is 0 Å². The van der Waals surface area contributed by atoms with E-state index >= 15 is 0 Å². The Bertz CT molecular complexity index is 314. The Morgan fingerprint density at radius 3 is 2.12 bits per heavy atom. The smallest absolute Gasteiger partial charge is 0.378 e. The van der Waals surface area contributed by atoms with Crippen molar-refractivity contribution in [3.8, 4) is 0 Å². The summed E-state index contributed by atoms with van der Waals surface area (Å²) in [5.74, 6) is -3.40. The zero-order valence-corrected chi connectivity index (χ0v) is 12.6. The molecular weight excluding hydrogens is 244 g/mol. The highest BCUT2D eigenvalue weighted by atomic mass is 28.1. The molecule has 0 aliphatic carbocycles. The van der Waals surface area contributed by atoms with Crippen LogP contribution in [0, 0.1) is 0 Å². The molecule has 1 saturated heterocycles. The van der Waals surface area contributed by atoms with Crippen molar-refractivity contribution < 1.29 is 28.5 Å². The third kappa shape index (κ3) is 1.83. The molecule has 0 aromatic heterocycles. The lowest BCUT2D eigenvalue weighted by Gasteiger charge is -2.35. The lowest BCUT2D eigenvalue weighted by atomic mass is 9.89. The van der Waals surface area contributed by atoms with Crippen molar-refractivity contribution in [2.75, 3.05) is 21.3 Å². The molecule has 1 aliphatic heterocycles. The van der Waals surface area contributed by atoms with Crippen molar-refractivity contribution in [2.45, 2.75) is 30.3 Å². The molecule has 0 N–H and O–H groups in total. The average molecular weight is 262 g/mol. The van der Waals surface area contributed by atoms with Crippen molar-refractivity contribution in [3.63, 3.8) is 0 Å². The van der Waals surface area contributed by atoms with Crippen molar-refractivity contribution >= 4 is 22.2 Å². The first kappa shape index (κ1) is 14.3. The first-order valence-electron chi connectivity index (χ1n) is 5.46. The standard InChI is InChI=1S/C10H18O6Si/c1-13-9(5-4-6-17)7(11)16-8(12)10(9,14-2)15-3/h4-6H2,1-3,17H3. The minimum absolute atomic E-state index is 0.333. The number of carbonyl (C=O) groups is 2. The van der Waals surface area contributed by atoms with Crippen molar-refractivity contribution in [1.29, 1.82) is 0 Å². The van der Waals surface area contributed by atoms with Gasteiger partial charge in [-0.2, -0.15) is 0 Å². The molecule has 17 heavy (non-hydrogen) atoms. The predicted molar refractivity (Wildman–Crippen MR) is 61.6 cm³/mol. The third-order valence-electron chi connectivity index (χ3n) is 3.12. The van der Waals surface area contributed by atoms with E-state index in [9.17, 15) is 9.59 Å². The van der Waals surface area contributed by atoms with Crippen LogP contribution in [0.5, 0.6) is 0 Å². The van der Waals surface area contributed by atoms with Crippen LogP contribution in [0.4, 0.5) is 0 Å². The minimum Gasteiger partial charge on any atom is -0.387 e. The molecular formula is C10H18O6Si. The second-order valence-corrected chi connectivity index (χ2v) is 4.84. The van der Waals surface area contributed by atoms with Crippen LogP contribution in [-0.2, 0) is 28.5 Å². The molecule has 98 valence electrons. The summed E-state index contributed by atoms with van der Waals surface area (Å²) < 4.78 is 20.1. The number of esters is 2. The molecule has 1 heterocycles. The van der Waals surface area contributed by atoms with Gasteiger partial charge in [0, 0.05) is 31.6 Å². The zero-order valence-electron chi connectivity index (χ0n) is 10.6. The van der Waals surface area contributed by atoms with Crippen LogP contribution >= 0.6 is 0 Å². The molecule has 1 fully saturated rings. The summed E-state index contributed by atoms with van der Waals surface area (Å²) in [5, 5.41) is 0. The van der Waals surface area contributed by atoms with E-state index in [0.29, 0.717) is 6.42 Å². The lowest BCUT2D eigenvalue weighted by molar-refractivity contribution is -0.272. The van der Waals surface area contributed by atoms with Gasteiger partial charge in [-0.05, 0) is 6.42 Å². The molecule has 6 nitrogen and oxygen atoms in total. The largest absolute Gasteiger partial charge is 0.387 e. The highest BCUT2D eigenvalue weighted by molar-refractivity contribution is 6.08. The summed E-state index contributed by atoms with van der Waals surface area (Å²) in [6, 6.07) is 0.982. The molecule has 0 saturated carbocycles. The third-order valence-corrected chi connectivity index (χ3v) is 3.83. The van der Waals surface area contributed by atoms with Gasteiger partial charge in [-0.1, -0.05) is 12.5 Å². The van der Waals surface area contributed by atoms with Crippen molar-refractivity contribution in [3.05, 3.63) is 0 Å². The van der Waals surface area contributed by atoms with Crippen molar-refractivity contribution in [1.82, 2.24) is 0 Å². The van der Waals surface area contributed by atoms with E-state index < -0.39 is 23.3 Å². The summed E-state index contributed by atoms with van der Waals surface area (Å²) >= 11 is 0. The van der Waals surface area contributed by atoms with Gasteiger partial charge in [-0.15, -0.1) is 0 Å². The second kappa shape index (κ2) is 5.26. The molecule has 0 aromatic carbocycles. The lowest BCUT2D eigenvalue weighted by Crippen LogP contribution is -2.60. The van der Waals surface area contributed by atoms with Gasteiger partial charge in [-0.3, -0.25) is 0 Å². The second-order valence-electron chi connectivity index (χ2n) is 3.84. The number of carbonyl (C=O) groups excluding carboxylic acids is 2. The van der Waals surface area contributed by atoms with Gasteiger partial charge in [0.15, 0.2) is 0 Å². The molecule has 1 unspecified atom stereocenters. The monoisotopic (exact) mass is 262 g/mol. The van der Waals surface area contributed by atoms with Crippen LogP contribution in [0.1, 0.15) is 12.8 Å². The molecule has 0 amide bonds. The van der Waals surface area contributed by atoms with Crippen LogP contribution in [0.3, 0.4) is 0 Å². The summed E-state index contributed by atoms with van der Waals surface area (Å²) in [6.45, 7) is 0. The minimum atomic E-state index is -1.80.